The average molecular weight is 413 g/mol. The Morgan fingerprint density at radius 2 is 1.77 bits per heavy atom. The predicted octanol–water partition coefficient (Wildman–Crippen LogP) is 3.70. The van der Waals surface area contributed by atoms with Gasteiger partial charge in [0.15, 0.2) is 5.96 Å². The van der Waals surface area contributed by atoms with Crippen LogP contribution in [0.15, 0.2) is 47.5 Å². The van der Waals surface area contributed by atoms with Gasteiger partial charge in [-0.1, -0.05) is 19.1 Å². The largest absolute Gasteiger partial charge is 0.497 e. The molecule has 3 N–H and O–H groups in total. The van der Waals surface area contributed by atoms with E-state index in [-0.39, 0.29) is 5.91 Å². The van der Waals surface area contributed by atoms with Crippen molar-refractivity contribution in [3.63, 3.8) is 0 Å². The number of methoxy groups -OCH3 is 2. The molecule has 1 amide bonds. The first-order chi connectivity index (χ1) is 14.6. The second kappa shape index (κ2) is 12.4. The monoisotopic (exact) mass is 412 g/mol. The third-order valence-corrected chi connectivity index (χ3v) is 4.42. The number of nitrogens with zero attached hydrogens (tertiary/aromatic N) is 1. The number of anilines is 1. The van der Waals surface area contributed by atoms with E-state index in [1.165, 1.54) is 0 Å². The van der Waals surface area contributed by atoms with E-state index < -0.39 is 0 Å². The second-order valence-electron chi connectivity index (χ2n) is 6.72. The van der Waals surface area contributed by atoms with Crippen molar-refractivity contribution in [2.24, 2.45) is 4.99 Å². The molecule has 7 heteroatoms. The van der Waals surface area contributed by atoms with Crippen molar-refractivity contribution in [1.29, 1.82) is 0 Å². The second-order valence-corrected chi connectivity index (χ2v) is 6.72. The number of aliphatic imine (C=N–C) groups is 1. The van der Waals surface area contributed by atoms with Gasteiger partial charge in [0.2, 0.25) is 5.91 Å². The Balaban J connectivity index is 1.98. The molecule has 0 unspecified atom stereocenters. The molecule has 7 nitrogen and oxygen atoms in total. The van der Waals surface area contributed by atoms with Crippen molar-refractivity contribution in [2.45, 2.75) is 39.8 Å². The topological polar surface area (TPSA) is 84.0 Å². The molecule has 2 aromatic carbocycles. The van der Waals surface area contributed by atoms with E-state index in [0.717, 1.165) is 47.2 Å². The van der Waals surface area contributed by atoms with Crippen LogP contribution in [0, 0.1) is 0 Å². The number of ether oxygens (including phenoxy) is 2. The van der Waals surface area contributed by atoms with Crippen LogP contribution in [0.5, 0.6) is 11.5 Å². The first-order valence-electron chi connectivity index (χ1n) is 10.2. The molecule has 0 aromatic heterocycles. The molecule has 0 aliphatic heterocycles. The molecular weight excluding hydrogens is 380 g/mol. The van der Waals surface area contributed by atoms with Crippen LogP contribution in [-0.2, 0) is 17.9 Å². The Labute approximate surface area is 178 Å². The smallest absolute Gasteiger partial charge is 0.224 e. The van der Waals surface area contributed by atoms with Gasteiger partial charge in [-0.05, 0) is 43.2 Å². The van der Waals surface area contributed by atoms with Crippen molar-refractivity contribution in [3.05, 3.63) is 53.6 Å². The van der Waals surface area contributed by atoms with E-state index in [1.807, 2.05) is 56.3 Å². The lowest BCUT2D eigenvalue weighted by molar-refractivity contribution is -0.116. The fourth-order valence-corrected chi connectivity index (χ4v) is 2.83. The van der Waals surface area contributed by atoms with E-state index in [2.05, 4.69) is 20.9 Å². The first-order valence-corrected chi connectivity index (χ1v) is 10.2. The fraction of sp³-hybridized carbons (Fsp3) is 0.391. The summed E-state index contributed by atoms with van der Waals surface area (Å²) in [4.78, 5) is 16.3. The number of nitrogens with one attached hydrogen (secondary N) is 3. The van der Waals surface area contributed by atoms with Crippen LogP contribution in [-0.4, -0.2) is 32.6 Å². The van der Waals surface area contributed by atoms with Crippen molar-refractivity contribution in [1.82, 2.24) is 10.6 Å². The first kappa shape index (κ1) is 23.1. The Morgan fingerprint density at radius 3 is 2.40 bits per heavy atom. The Kier molecular flexibility index (Phi) is 9.51. The van der Waals surface area contributed by atoms with Crippen LogP contribution in [0.3, 0.4) is 0 Å². The van der Waals surface area contributed by atoms with Crippen LogP contribution >= 0.6 is 0 Å². The maximum absolute atomic E-state index is 11.7. The highest BCUT2D eigenvalue weighted by molar-refractivity contribution is 5.90. The zero-order valence-corrected chi connectivity index (χ0v) is 18.2. The number of guanidine groups is 1. The summed E-state index contributed by atoms with van der Waals surface area (Å²) in [6, 6.07) is 13.5. The number of hydrogen-bond acceptors (Lipinski definition) is 4. The van der Waals surface area contributed by atoms with Gasteiger partial charge in [-0.2, -0.15) is 0 Å². The highest BCUT2D eigenvalue weighted by atomic mass is 16.5. The summed E-state index contributed by atoms with van der Waals surface area (Å²) in [5.41, 5.74) is 2.87. The minimum Gasteiger partial charge on any atom is -0.497 e. The lowest BCUT2D eigenvalue weighted by Crippen LogP contribution is -2.36. The fourth-order valence-electron chi connectivity index (χ4n) is 2.83. The van der Waals surface area contributed by atoms with Gasteiger partial charge in [-0.25, -0.2) is 4.99 Å². The molecule has 0 fully saturated rings. The number of benzene rings is 2. The van der Waals surface area contributed by atoms with Crippen LogP contribution < -0.4 is 25.4 Å². The van der Waals surface area contributed by atoms with Gasteiger partial charge < -0.3 is 25.4 Å². The van der Waals surface area contributed by atoms with E-state index in [9.17, 15) is 4.79 Å². The molecule has 30 heavy (non-hydrogen) atoms. The highest BCUT2D eigenvalue weighted by Gasteiger charge is 2.06. The molecule has 0 aliphatic rings. The predicted molar refractivity (Wildman–Crippen MR) is 121 cm³/mol. The molecule has 0 heterocycles. The standard InChI is InChI=1S/C23H32N4O3/c1-5-7-22(28)27-19-11-8-17(9-12-19)15-25-23(24-6-2)26-16-18-10-13-20(29-3)14-21(18)30-4/h8-14H,5-7,15-16H2,1-4H3,(H,27,28)(H2,24,25,26). The zero-order chi connectivity index (χ0) is 21.8. The Hall–Kier alpha value is -3.22. The molecule has 0 bridgehead atoms. The molecular formula is C23H32N4O3. The van der Waals surface area contributed by atoms with Crippen LogP contribution in [0.2, 0.25) is 0 Å². The summed E-state index contributed by atoms with van der Waals surface area (Å²) in [5.74, 6) is 2.27. The minimum absolute atomic E-state index is 0.0378. The van der Waals surface area contributed by atoms with Gasteiger partial charge in [-0.15, -0.1) is 0 Å². The molecule has 0 radical (unpaired) electrons. The Morgan fingerprint density at radius 1 is 1.00 bits per heavy atom. The molecule has 0 aliphatic carbocycles. The SMILES string of the molecule is CCCC(=O)Nc1ccc(CN=C(NCC)NCc2ccc(OC)cc2OC)cc1. The van der Waals surface area contributed by atoms with Crippen LogP contribution in [0.4, 0.5) is 5.69 Å². The number of rotatable bonds is 10. The number of carbonyl (C=O) groups is 1. The van der Waals surface area contributed by atoms with Crippen molar-refractivity contribution in [2.75, 3.05) is 26.1 Å². The van der Waals surface area contributed by atoms with Gasteiger partial charge in [0, 0.05) is 36.8 Å². The van der Waals surface area contributed by atoms with Gasteiger partial charge >= 0.3 is 0 Å². The van der Waals surface area contributed by atoms with Crippen molar-refractivity contribution in [3.8, 4) is 11.5 Å². The minimum atomic E-state index is 0.0378. The maximum atomic E-state index is 11.7. The lowest BCUT2D eigenvalue weighted by Gasteiger charge is -2.14. The number of amides is 1. The normalized spacial score (nSPS) is 11.0. The van der Waals surface area contributed by atoms with Gasteiger partial charge in [0.1, 0.15) is 11.5 Å². The Bertz CT molecular complexity index is 835. The summed E-state index contributed by atoms with van der Waals surface area (Å²) < 4.78 is 10.7. The molecule has 0 saturated heterocycles. The van der Waals surface area contributed by atoms with E-state index in [1.54, 1.807) is 14.2 Å². The van der Waals surface area contributed by atoms with Crippen molar-refractivity contribution < 1.29 is 14.3 Å². The van der Waals surface area contributed by atoms with Gasteiger partial charge in [-0.3, -0.25) is 4.79 Å². The quantitative estimate of drug-likeness (QED) is 0.409. The number of carbonyl (C=O) groups excluding carboxylic acids is 1. The lowest BCUT2D eigenvalue weighted by atomic mass is 10.2. The molecule has 0 spiro atoms. The molecule has 2 aromatic rings. The molecule has 0 saturated carbocycles. The summed E-state index contributed by atoms with van der Waals surface area (Å²) in [7, 11) is 3.28. The summed E-state index contributed by atoms with van der Waals surface area (Å²) in [6.07, 6.45) is 1.37. The third-order valence-electron chi connectivity index (χ3n) is 4.42. The van der Waals surface area contributed by atoms with Gasteiger partial charge in [0.25, 0.3) is 0 Å². The third kappa shape index (κ3) is 7.31. The number of hydrogen-bond donors (Lipinski definition) is 3. The van der Waals surface area contributed by atoms with Crippen LogP contribution in [0.1, 0.15) is 37.8 Å². The molecule has 162 valence electrons. The molecule has 0 atom stereocenters. The van der Waals surface area contributed by atoms with E-state index >= 15 is 0 Å². The average Bonchev–Trinajstić information content (AvgIpc) is 2.76. The van der Waals surface area contributed by atoms with E-state index in [0.29, 0.717) is 19.5 Å². The summed E-state index contributed by atoms with van der Waals surface area (Å²) in [6.45, 7) is 5.87. The van der Waals surface area contributed by atoms with Crippen LogP contribution in [0.25, 0.3) is 0 Å². The van der Waals surface area contributed by atoms with E-state index in [4.69, 9.17) is 9.47 Å². The highest BCUT2D eigenvalue weighted by Crippen LogP contribution is 2.24. The van der Waals surface area contributed by atoms with Gasteiger partial charge in [0.05, 0.1) is 20.8 Å². The maximum Gasteiger partial charge on any atom is 0.224 e. The molecule has 2 rings (SSSR count). The summed E-state index contributed by atoms with van der Waals surface area (Å²) >= 11 is 0. The van der Waals surface area contributed by atoms with Crippen molar-refractivity contribution >= 4 is 17.6 Å². The summed E-state index contributed by atoms with van der Waals surface area (Å²) in [5, 5.41) is 9.48. The zero-order valence-electron chi connectivity index (χ0n) is 18.2.